The van der Waals surface area contributed by atoms with Gasteiger partial charge in [-0.1, -0.05) is 11.6 Å². The topological polar surface area (TPSA) is 95.9 Å². The van der Waals surface area contributed by atoms with Crippen molar-refractivity contribution in [3.8, 4) is 5.75 Å². The largest absolute Gasteiger partial charge is 0.497 e. The Morgan fingerprint density at radius 1 is 1.50 bits per heavy atom. The molecule has 20 heavy (non-hydrogen) atoms. The van der Waals surface area contributed by atoms with E-state index in [1.54, 1.807) is 6.07 Å². The summed E-state index contributed by atoms with van der Waals surface area (Å²) in [5.41, 5.74) is 0.160. The monoisotopic (exact) mass is 322 g/mol. The van der Waals surface area contributed by atoms with Crippen LogP contribution in [0.4, 0.5) is 5.69 Å². The molecular weight excluding hydrogens is 308 g/mol. The molecule has 2 N–H and O–H groups in total. The third-order valence-electron chi connectivity index (χ3n) is 2.46. The molecule has 0 fully saturated rings. The van der Waals surface area contributed by atoms with E-state index in [-0.39, 0.29) is 23.7 Å². The first-order valence-corrected chi connectivity index (χ1v) is 7.37. The summed E-state index contributed by atoms with van der Waals surface area (Å²) in [6.45, 7) is -0.147. The Labute approximate surface area is 122 Å². The van der Waals surface area contributed by atoms with Gasteiger partial charge in [0.05, 0.1) is 24.2 Å². The van der Waals surface area contributed by atoms with Crippen LogP contribution in [-0.4, -0.2) is 44.5 Å². The van der Waals surface area contributed by atoms with Gasteiger partial charge in [0.2, 0.25) is 0 Å². The zero-order valence-electron chi connectivity index (χ0n) is 11.0. The lowest BCUT2D eigenvalue weighted by atomic mass is 10.3. The van der Waals surface area contributed by atoms with Gasteiger partial charge in [-0.25, -0.2) is 0 Å². The van der Waals surface area contributed by atoms with Crippen molar-refractivity contribution in [3.05, 3.63) is 23.2 Å². The van der Waals surface area contributed by atoms with Crippen LogP contribution in [-0.2, 0) is 15.0 Å². The first-order chi connectivity index (χ1) is 9.26. The highest BCUT2D eigenvalue weighted by atomic mass is 35.5. The zero-order chi connectivity index (χ0) is 15.3. The molecule has 1 aromatic rings. The Hall–Kier alpha value is -1.51. The molecule has 0 spiro atoms. The number of hydrogen-bond acceptors (Lipinski definition) is 4. The second kappa shape index (κ2) is 6.78. The lowest BCUT2D eigenvalue weighted by Crippen LogP contribution is -2.34. The molecule has 0 atom stereocenters. The molecular formula is C11H15ClN2O5S. The summed E-state index contributed by atoms with van der Waals surface area (Å²) in [7, 11) is -1.15. The summed E-state index contributed by atoms with van der Waals surface area (Å²) in [4.78, 5) is 10.4. The molecule has 1 aromatic carbocycles. The van der Waals surface area contributed by atoms with E-state index in [1.165, 1.54) is 26.3 Å². The number of nitrogens with zero attached hydrogens (tertiary/aromatic N) is 1. The van der Waals surface area contributed by atoms with Crippen LogP contribution in [0.2, 0.25) is 5.02 Å². The molecule has 0 saturated carbocycles. The molecule has 1 rings (SSSR count). The van der Waals surface area contributed by atoms with Crippen molar-refractivity contribution in [1.29, 1.82) is 0 Å². The minimum Gasteiger partial charge on any atom is -0.497 e. The van der Waals surface area contributed by atoms with Gasteiger partial charge in [0.15, 0.2) is 0 Å². The molecule has 7 nitrogen and oxygen atoms in total. The average Bonchev–Trinajstić information content (AvgIpc) is 2.38. The first kappa shape index (κ1) is 16.5. The fraction of sp³-hybridized carbons (Fsp3) is 0.364. The molecule has 0 radical (unpaired) electrons. The Kier molecular flexibility index (Phi) is 5.61. The lowest BCUT2D eigenvalue weighted by Gasteiger charge is -2.18. The number of carboxylic acid groups (broad SMARTS) is 1. The number of aliphatic carboxylic acids is 1. The zero-order valence-corrected chi connectivity index (χ0v) is 12.5. The first-order valence-electron chi connectivity index (χ1n) is 5.55. The van der Waals surface area contributed by atoms with E-state index in [1.807, 2.05) is 0 Å². The van der Waals surface area contributed by atoms with Gasteiger partial charge in [-0.15, -0.1) is 0 Å². The molecule has 0 saturated heterocycles. The number of nitrogens with one attached hydrogen (secondary N) is 1. The minimum absolute atomic E-state index is 0.147. The number of anilines is 1. The van der Waals surface area contributed by atoms with Crippen LogP contribution >= 0.6 is 11.6 Å². The number of methoxy groups -OCH3 is 1. The van der Waals surface area contributed by atoms with Crippen molar-refractivity contribution < 1.29 is 23.1 Å². The quantitative estimate of drug-likeness (QED) is 0.791. The van der Waals surface area contributed by atoms with E-state index in [9.17, 15) is 13.2 Å². The van der Waals surface area contributed by atoms with Crippen LogP contribution in [0.3, 0.4) is 0 Å². The summed E-state index contributed by atoms with van der Waals surface area (Å²) in [6.07, 6.45) is -0.288. The van der Waals surface area contributed by atoms with Crippen molar-refractivity contribution in [2.45, 2.75) is 6.42 Å². The van der Waals surface area contributed by atoms with Gasteiger partial charge in [-0.05, 0) is 12.1 Å². The molecule has 0 amide bonds. The standard InChI is InChI=1S/C11H15ClN2O5S/c1-14(6-5-11(15)16)20(17,18)13-10-7-8(19-2)3-4-9(10)12/h3-4,7,13H,5-6H2,1-2H3,(H,15,16). The molecule has 0 aliphatic heterocycles. The maximum Gasteiger partial charge on any atom is 0.304 e. The Morgan fingerprint density at radius 3 is 2.70 bits per heavy atom. The fourth-order valence-corrected chi connectivity index (χ4v) is 2.45. The normalized spacial score (nSPS) is 11.4. The van der Waals surface area contributed by atoms with Crippen LogP contribution in [0, 0.1) is 0 Å². The van der Waals surface area contributed by atoms with Gasteiger partial charge in [0.25, 0.3) is 0 Å². The second-order valence-electron chi connectivity index (χ2n) is 3.92. The van der Waals surface area contributed by atoms with Crippen molar-refractivity contribution in [3.63, 3.8) is 0 Å². The highest BCUT2D eigenvalue weighted by Crippen LogP contribution is 2.27. The summed E-state index contributed by atoms with van der Waals surface area (Å²) in [5, 5.41) is 8.76. The highest BCUT2D eigenvalue weighted by Gasteiger charge is 2.19. The maximum atomic E-state index is 12.0. The van der Waals surface area contributed by atoms with Gasteiger partial charge < -0.3 is 9.84 Å². The predicted molar refractivity (Wildman–Crippen MR) is 75.4 cm³/mol. The van der Waals surface area contributed by atoms with E-state index in [4.69, 9.17) is 21.4 Å². The molecule has 0 heterocycles. The summed E-state index contributed by atoms with van der Waals surface area (Å²) in [6, 6.07) is 4.52. The third-order valence-corrected chi connectivity index (χ3v) is 4.27. The molecule has 0 aliphatic carbocycles. The van der Waals surface area contributed by atoms with Gasteiger partial charge >= 0.3 is 16.2 Å². The number of carboxylic acids is 1. The fourth-order valence-electron chi connectivity index (χ4n) is 1.30. The van der Waals surface area contributed by atoms with E-state index in [0.29, 0.717) is 5.75 Å². The summed E-state index contributed by atoms with van der Waals surface area (Å²) >= 11 is 5.90. The summed E-state index contributed by atoms with van der Waals surface area (Å²) in [5.74, 6) is -0.633. The van der Waals surface area contributed by atoms with E-state index < -0.39 is 16.2 Å². The molecule has 0 unspecified atom stereocenters. The van der Waals surface area contributed by atoms with Crippen LogP contribution in [0.15, 0.2) is 18.2 Å². The van der Waals surface area contributed by atoms with Crippen LogP contribution in [0.1, 0.15) is 6.42 Å². The number of halogens is 1. The Morgan fingerprint density at radius 2 is 2.15 bits per heavy atom. The summed E-state index contributed by atoms with van der Waals surface area (Å²) < 4.78 is 32.1. The second-order valence-corrected chi connectivity index (χ2v) is 6.10. The molecule has 0 aromatic heterocycles. The Bertz CT molecular complexity index is 590. The van der Waals surface area contributed by atoms with Gasteiger partial charge in [-0.2, -0.15) is 12.7 Å². The lowest BCUT2D eigenvalue weighted by molar-refractivity contribution is -0.137. The predicted octanol–water partition coefficient (Wildman–Crippen LogP) is 1.41. The van der Waals surface area contributed by atoms with Crippen LogP contribution in [0.25, 0.3) is 0 Å². The number of hydrogen-bond donors (Lipinski definition) is 2. The van der Waals surface area contributed by atoms with Crippen molar-refractivity contribution >= 4 is 33.5 Å². The highest BCUT2D eigenvalue weighted by molar-refractivity contribution is 7.90. The molecule has 112 valence electrons. The third kappa shape index (κ3) is 4.55. The number of rotatable bonds is 7. The molecule has 9 heteroatoms. The van der Waals surface area contributed by atoms with Crippen molar-refractivity contribution in [2.24, 2.45) is 0 Å². The Balaban J connectivity index is 2.87. The minimum atomic E-state index is -3.88. The van der Waals surface area contributed by atoms with Gasteiger partial charge in [-0.3, -0.25) is 9.52 Å². The number of ether oxygens (including phenoxy) is 1. The van der Waals surface area contributed by atoms with Crippen molar-refractivity contribution in [2.75, 3.05) is 25.4 Å². The van der Waals surface area contributed by atoms with Crippen molar-refractivity contribution in [1.82, 2.24) is 4.31 Å². The average molecular weight is 323 g/mol. The van der Waals surface area contributed by atoms with E-state index in [2.05, 4.69) is 4.72 Å². The molecule has 0 bridgehead atoms. The van der Waals surface area contributed by atoms with Gasteiger partial charge in [0.1, 0.15) is 5.75 Å². The smallest absolute Gasteiger partial charge is 0.304 e. The SMILES string of the molecule is COc1ccc(Cl)c(NS(=O)(=O)N(C)CCC(=O)O)c1. The van der Waals surface area contributed by atoms with E-state index >= 15 is 0 Å². The molecule has 0 aliphatic rings. The van der Waals surface area contributed by atoms with Crippen LogP contribution in [0.5, 0.6) is 5.75 Å². The van der Waals surface area contributed by atoms with Gasteiger partial charge in [0, 0.05) is 19.7 Å². The number of benzene rings is 1. The van der Waals surface area contributed by atoms with E-state index in [0.717, 1.165) is 4.31 Å². The number of carbonyl (C=O) groups is 1. The van der Waals surface area contributed by atoms with Crippen LogP contribution < -0.4 is 9.46 Å². The maximum absolute atomic E-state index is 12.0.